The van der Waals surface area contributed by atoms with Crippen LogP contribution in [0.15, 0.2) is 67.0 Å². The minimum absolute atomic E-state index is 0.00261. The lowest BCUT2D eigenvalue weighted by Crippen LogP contribution is -2.41. The molecule has 4 rings (SSSR count). The molecule has 148 valence electrons. The summed E-state index contributed by atoms with van der Waals surface area (Å²) < 4.78 is 19.9. The molecule has 1 aliphatic heterocycles. The Morgan fingerprint density at radius 3 is 2.66 bits per heavy atom. The van der Waals surface area contributed by atoms with Crippen LogP contribution in [0.4, 0.5) is 4.39 Å². The zero-order valence-electron chi connectivity index (χ0n) is 16.0. The summed E-state index contributed by atoms with van der Waals surface area (Å²) >= 11 is 0. The minimum atomic E-state index is -0.325. The van der Waals surface area contributed by atoms with E-state index in [4.69, 9.17) is 4.74 Å². The summed E-state index contributed by atoms with van der Waals surface area (Å²) in [6, 6.07) is 15.9. The maximum Gasteiger partial charge on any atom is 0.260 e. The number of carbonyl (C=O) groups is 1. The maximum absolute atomic E-state index is 14.3. The number of amides is 1. The highest BCUT2D eigenvalue weighted by molar-refractivity contribution is 5.78. The van der Waals surface area contributed by atoms with Crippen LogP contribution >= 0.6 is 0 Å². The van der Waals surface area contributed by atoms with Gasteiger partial charge in [-0.3, -0.25) is 14.8 Å². The number of hydrogen-bond donors (Lipinski definition) is 0. The molecular weight excluding hydrogens is 369 g/mol. The van der Waals surface area contributed by atoms with Gasteiger partial charge in [-0.25, -0.2) is 4.39 Å². The third kappa shape index (κ3) is 4.42. The molecule has 0 N–H and O–H groups in total. The second-order valence-corrected chi connectivity index (χ2v) is 7.05. The maximum atomic E-state index is 14.3. The molecule has 6 heteroatoms. The summed E-state index contributed by atoms with van der Waals surface area (Å²) in [5.74, 6) is 0.294. The van der Waals surface area contributed by atoms with E-state index in [1.54, 1.807) is 35.5 Å². The number of para-hydroxylation sites is 1. The molecule has 1 amide bonds. The summed E-state index contributed by atoms with van der Waals surface area (Å²) in [5.41, 5.74) is 1.72. The van der Waals surface area contributed by atoms with Gasteiger partial charge >= 0.3 is 0 Å². The highest BCUT2D eigenvalue weighted by Gasteiger charge is 2.28. The average molecular weight is 391 g/mol. The van der Waals surface area contributed by atoms with E-state index in [1.807, 2.05) is 30.3 Å². The van der Waals surface area contributed by atoms with Gasteiger partial charge in [0.15, 0.2) is 6.61 Å². The van der Waals surface area contributed by atoms with Gasteiger partial charge in [0.05, 0.1) is 11.4 Å². The van der Waals surface area contributed by atoms with Crippen molar-refractivity contribution in [2.75, 3.05) is 19.7 Å². The fourth-order valence-electron chi connectivity index (χ4n) is 3.69. The lowest BCUT2D eigenvalue weighted by molar-refractivity contribution is -0.134. The van der Waals surface area contributed by atoms with Crippen LogP contribution in [-0.4, -0.2) is 40.5 Å². The third-order valence-corrected chi connectivity index (χ3v) is 5.12. The molecule has 1 aromatic heterocycles. The molecule has 1 aliphatic rings. The average Bonchev–Trinajstić information content (AvgIpc) is 2.78. The second kappa shape index (κ2) is 8.82. The molecular formula is C23H22FN3O2. The van der Waals surface area contributed by atoms with Gasteiger partial charge in [0.25, 0.3) is 5.91 Å². The number of piperidine rings is 1. The van der Waals surface area contributed by atoms with Gasteiger partial charge in [-0.2, -0.15) is 0 Å². The quantitative estimate of drug-likeness (QED) is 0.658. The normalized spacial score (nSPS) is 16.4. The molecule has 0 bridgehead atoms. The molecule has 1 unspecified atom stereocenters. The van der Waals surface area contributed by atoms with Crippen molar-refractivity contribution in [1.82, 2.24) is 14.9 Å². The Balaban J connectivity index is 1.49. The smallest absolute Gasteiger partial charge is 0.260 e. The molecule has 1 saturated heterocycles. The standard InChI is InChI=1S/C23H22FN3O2/c24-20-11-5-4-10-19(20)23-22(25-12-13-26-23)17-7-6-14-27(15-17)21(28)16-29-18-8-2-1-3-9-18/h1-5,8-13,17H,6-7,14-16H2. The Bertz CT molecular complexity index is 981. The van der Waals surface area contributed by atoms with Gasteiger partial charge in [-0.1, -0.05) is 30.3 Å². The monoisotopic (exact) mass is 391 g/mol. The lowest BCUT2D eigenvalue weighted by Gasteiger charge is -2.33. The predicted octanol–water partition coefficient (Wildman–Crippen LogP) is 4.07. The highest BCUT2D eigenvalue weighted by Crippen LogP contribution is 2.32. The molecule has 2 aromatic carbocycles. The van der Waals surface area contributed by atoms with Crippen LogP contribution in [0.5, 0.6) is 5.75 Å². The Hall–Kier alpha value is -3.28. The summed E-state index contributed by atoms with van der Waals surface area (Å²) in [4.78, 5) is 23.4. The van der Waals surface area contributed by atoms with E-state index in [0.29, 0.717) is 30.1 Å². The van der Waals surface area contributed by atoms with Gasteiger partial charge < -0.3 is 9.64 Å². The largest absolute Gasteiger partial charge is 0.484 e. The summed E-state index contributed by atoms with van der Waals surface area (Å²) in [5, 5.41) is 0. The van der Waals surface area contributed by atoms with Crippen LogP contribution in [0, 0.1) is 5.82 Å². The zero-order valence-corrected chi connectivity index (χ0v) is 16.0. The van der Waals surface area contributed by atoms with Gasteiger partial charge in [0, 0.05) is 37.0 Å². The van der Waals surface area contributed by atoms with Crippen LogP contribution in [0.3, 0.4) is 0 Å². The van der Waals surface area contributed by atoms with E-state index < -0.39 is 0 Å². The number of ether oxygens (including phenoxy) is 1. The first-order chi connectivity index (χ1) is 14.2. The number of hydrogen-bond acceptors (Lipinski definition) is 4. The first kappa shape index (κ1) is 19.1. The molecule has 0 saturated carbocycles. The molecule has 5 nitrogen and oxygen atoms in total. The van der Waals surface area contributed by atoms with Crippen molar-refractivity contribution in [2.45, 2.75) is 18.8 Å². The Morgan fingerprint density at radius 1 is 1.07 bits per heavy atom. The van der Waals surface area contributed by atoms with Crippen molar-refractivity contribution in [3.8, 4) is 17.0 Å². The van der Waals surface area contributed by atoms with E-state index in [-0.39, 0.29) is 24.2 Å². The van der Waals surface area contributed by atoms with Crippen molar-refractivity contribution >= 4 is 5.91 Å². The summed E-state index contributed by atoms with van der Waals surface area (Å²) in [6.07, 6.45) is 4.93. The van der Waals surface area contributed by atoms with Crippen LogP contribution in [-0.2, 0) is 4.79 Å². The van der Waals surface area contributed by atoms with E-state index in [9.17, 15) is 9.18 Å². The lowest BCUT2D eigenvalue weighted by atomic mass is 9.91. The fourth-order valence-corrected chi connectivity index (χ4v) is 3.69. The topological polar surface area (TPSA) is 55.3 Å². The molecule has 29 heavy (non-hydrogen) atoms. The Labute approximate surface area is 169 Å². The van der Waals surface area contributed by atoms with Gasteiger partial charge in [-0.05, 0) is 37.1 Å². The molecule has 2 heterocycles. The SMILES string of the molecule is O=C(COc1ccccc1)N1CCCC(c2nccnc2-c2ccccc2F)C1. The van der Waals surface area contributed by atoms with E-state index >= 15 is 0 Å². The second-order valence-electron chi connectivity index (χ2n) is 7.05. The first-order valence-electron chi connectivity index (χ1n) is 9.74. The summed E-state index contributed by atoms with van der Waals surface area (Å²) in [7, 11) is 0. The first-order valence-corrected chi connectivity index (χ1v) is 9.74. The Kier molecular flexibility index (Phi) is 5.79. The fraction of sp³-hybridized carbons (Fsp3) is 0.261. The van der Waals surface area contributed by atoms with E-state index in [1.165, 1.54) is 6.07 Å². The van der Waals surface area contributed by atoms with Crippen LogP contribution < -0.4 is 4.74 Å². The molecule has 3 aromatic rings. The number of carbonyl (C=O) groups excluding carboxylic acids is 1. The number of likely N-dealkylation sites (tertiary alicyclic amines) is 1. The van der Waals surface area contributed by atoms with Gasteiger partial charge in [0.2, 0.25) is 0 Å². The highest BCUT2D eigenvalue weighted by atomic mass is 19.1. The predicted molar refractivity (Wildman–Crippen MR) is 108 cm³/mol. The van der Waals surface area contributed by atoms with Crippen molar-refractivity contribution in [3.63, 3.8) is 0 Å². The van der Waals surface area contributed by atoms with Crippen molar-refractivity contribution in [1.29, 1.82) is 0 Å². The van der Waals surface area contributed by atoms with Gasteiger partial charge in [-0.15, -0.1) is 0 Å². The molecule has 1 fully saturated rings. The van der Waals surface area contributed by atoms with Crippen LogP contribution in [0.25, 0.3) is 11.3 Å². The third-order valence-electron chi connectivity index (χ3n) is 5.12. The molecule has 0 radical (unpaired) electrons. The van der Waals surface area contributed by atoms with Crippen LogP contribution in [0.1, 0.15) is 24.5 Å². The molecule has 0 spiro atoms. The minimum Gasteiger partial charge on any atom is -0.484 e. The number of nitrogens with zero attached hydrogens (tertiary/aromatic N) is 3. The summed E-state index contributed by atoms with van der Waals surface area (Å²) in [6.45, 7) is 1.21. The number of aromatic nitrogens is 2. The van der Waals surface area contributed by atoms with Crippen molar-refractivity contribution in [2.24, 2.45) is 0 Å². The van der Waals surface area contributed by atoms with Crippen LogP contribution in [0.2, 0.25) is 0 Å². The van der Waals surface area contributed by atoms with E-state index in [0.717, 1.165) is 18.5 Å². The number of halogens is 1. The van der Waals surface area contributed by atoms with Crippen molar-refractivity contribution < 1.29 is 13.9 Å². The number of benzene rings is 2. The van der Waals surface area contributed by atoms with E-state index in [2.05, 4.69) is 9.97 Å². The molecule has 0 aliphatic carbocycles. The van der Waals surface area contributed by atoms with Crippen molar-refractivity contribution in [3.05, 3.63) is 78.5 Å². The zero-order chi connectivity index (χ0) is 20.1. The molecule has 1 atom stereocenters. The Morgan fingerprint density at radius 2 is 1.83 bits per heavy atom. The van der Waals surface area contributed by atoms with Gasteiger partial charge in [0.1, 0.15) is 11.6 Å². The number of rotatable bonds is 5.